The number of likely N-dealkylation sites (tertiary alicyclic amines) is 1. The molecule has 4 aromatic rings. The van der Waals surface area contributed by atoms with E-state index in [2.05, 4.69) is 15.5 Å². The molecule has 0 aliphatic carbocycles. The summed E-state index contributed by atoms with van der Waals surface area (Å²) in [4.78, 5) is 27.3. The van der Waals surface area contributed by atoms with Gasteiger partial charge in [0.15, 0.2) is 5.16 Å². The SMILES string of the molecule is CCOc1ccc(NC(=O)CSc2nnc3n(CC(=O)N4CCCC4)c4ccccc4n23)cc1. The predicted octanol–water partition coefficient (Wildman–Crippen LogP) is 3.44. The van der Waals surface area contributed by atoms with Crippen molar-refractivity contribution >= 4 is 46.1 Å². The van der Waals surface area contributed by atoms with Crippen LogP contribution in [0, 0.1) is 0 Å². The third-order valence-corrected chi connectivity index (χ3v) is 6.73. The molecule has 3 heterocycles. The second-order valence-electron chi connectivity index (χ2n) is 8.07. The molecule has 0 atom stereocenters. The number of amides is 2. The van der Waals surface area contributed by atoms with Crippen molar-refractivity contribution in [3.8, 4) is 5.75 Å². The third-order valence-electron chi connectivity index (χ3n) is 5.80. The minimum atomic E-state index is -0.140. The molecule has 9 nitrogen and oxygen atoms in total. The number of fused-ring (bicyclic) bond motifs is 3. The molecular formula is C24H26N6O3S. The van der Waals surface area contributed by atoms with E-state index in [0.29, 0.717) is 23.2 Å². The number of anilines is 1. The topological polar surface area (TPSA) is 93.8 Å². The summed E-state index contributed by atoms with van der Waals surface area (Å²) in [6.45, 7) is 4.37. The molecule has 0 unspecified atom stereocenters. The summed E-state index contributed by atoms with van der Waals surface area (Å²) in [6, 6.07) is 15.1. The fourth-order valence-corrected chi connectivity index (χ4v) is 4.96. The Morgan fingerprint density at radius 2 is 1.76 bits per heavy atom. The molecular weight excluding hydrogens is 452 g/mol. The smallest absolute Gasteiger partial charge is 0.242 e. The monoisotopic (exact) mass is 478 g/mol. The number of benzene rings is 2. The lowest BCUT2D eigenvalue weighted by Crippen LogP contribution is -2.31. The Kier molecular flexibility index (Phi) is 6.39. The van der Waals surface area contributed by atoms with Crippen LogP contribution >= 0.6 is 11.8 Å². The lowest BCUT2D eigenvalue weighted by molar-refractivity contribution is -0.130. The van der Waals surface area contributed by atoms with Gasteiger partial charge in [-0.25, -0.2) is 0 Å². The van der Waals surface area contributed by atoms with Gasteiger partial charge in [-0.1, -0.05) is 23.9 Å². The maximum absolute atomic E-state index is 12.8. The molecule has 2 aromatic heterocycles. The zero-order valence-corrected chi connectivity index (χ0v) is 19.8. The fourth-order valence-electron chi connectivity index (χ4n) is 4.22. The van der Waals surface area contributed by atoms with Crippen molar-refractivity contribution in [2.75, 3.05) is 30.8 Å². The van der Waals surface area contributed by atoms with E-state index >= 15 is 0 Å². The van der Waals surface area contributed by atoms with Crippen molar-refractivity contribution in [2.45, 2.75) is 31.5 Å². The van der Waals surface area contributed by atoms with Crippen LogP contribution in [0.4, 0.5) is 5.69 Å². The van der Waals surface area contributed by atoms with E-state index in [4.69, 9.17) is 4.74 Å². The summed E-state index contributed by atoms with van der Waals surface area (Å²) in [5.41, 5.74) is 2.53. The van der Waals surface area contributed by atoms with E-state index in [1.54, 1.807) is 0 Å². The van der Waals surface area contributed by atoms with Gasteiger partial charge in [0.2, 0.25) is 17.6 Å². The minimum Gasteiger partial charge on any atom is -0.494 e. The highest BCUT2D eigenvalue weighted by atomic mass is 32.2. The average Bonchev–Trinajstić information content (AvgIpc) is 3.58. The number of aromatic nitrogens is 4. The number of hydrogen-bond acceptors (Lipinski definition) is 6. The Bertz CT molecular complexity index is 1320. The van der Waals surface area contributed by atoms with Crippen LogP contribution in [0.15, 0.2) is 53.7 Å². The first kappa shape index (κ1) is 22.3. The van der Waals surface area contributed by atoms with E-state index in [0.717, 1.165) is 42.7 Å². The minimum absolute atomic E-state index is 0.0905. The highest BCUT2D eigenvalue weighted by Crippen LogP contribution is 2.26. The molecule has 1 fully saturated rings. The second-order valence-corrected chi connectivity index (χ2v) is 9.02. The first-order valence-electron chi connectivity index (χ1n) is 11.4. The highest BCUT2D eigenvalue weighted by molar-refractivity contribution is 7.99. The summed E-state index contributed by atoms with van der Waals surface area (Å²) in [5.74, 6) is 1.50. The summed E-state index contributed by atoms with van der Waals surface area (Å²) in [6.07, 6.45) is 2.11. The van der Waals surface area contributed by atoms with E-state index in [-0.39, 0.29) is 24.1 Å². The van der Waals surface area contributed by atoms with Crippen LogP contribution in [0.3, 0.4) is 0 Å². The molecule has 2 amide bonds. The van der Waals surface area contributed by atoms with Crippen LogP contribution in [0.2, 0.25) is 0 Å². The van der Waals surface area contributed by atoms with Crippen LogP contribution in [-0.2, 0) is 16.1 Å². The van der Waals surface area contributed by atoms with Gasteiger partial charge in [0.25, 0.3) is 0 Å². The van der Waals surface area contributed by atoms with Crippen LogP contribution < -0.4 is 10.1 Å². The number of nitrogens with one attached hydrogen (secondary N) is 1. The Morgan fingerprint density at radius 1 is 1.03 bits per heavy atom. The van der Waals surface area contributed by atoms with E-state index in [9.17, 15) is 9.59 Å². The first-order chi connectivity index (χ1) is 16.6. The number of para-hydroxylation sites is 2. The van der Waals surface area contributed by atoms with Crippen LogP contribution in [0.1, 0.15) is 19.8 Å². The number of ether oxygens (including phenoxy) is 1. The van der Waals surface area contributed by atoms with Gasteiger partial charge >= 0.3 is 0 Å². The zero-order valence-electron chi connectivity index (χ0n) is 18.9. The lowest BCUT2D eigenvalue weighted by Gasteiger charge is -2.15. The molecule has 0 bridgehead atoms. The van der Waals surface area contributed by atoms with Gasteiger partial charge < -0.3 is 15.0 Å². The summed E-state index contributed by atoms with van der Waals surface area (Å²) < 4.78 is 9.26. The number of hydrogen-bond donors (Lipinski definition) is 1. The molecule has 10 heteroatoms. The standard InChI is InChI=1S/C24H26N6O3S/c1-2-33-18-11-9-17(10-12-18)25-21(31)16-34-24-27-26-23-29(15-22(32)28-13-5-6-14-28)19-7-3-4-8-20(19)30(23)24/h3-4,7-12H,2,5-6,13-16H2,1H3,(H,25,31). The fraction of sp³-hybridized carbons (Fsp3) is 0.333. The van der Waals surface area contributed by atoms with E-state index in [1.807, 2.05) is 69.3 Å². The quantitative estimate of drug-likeness (QED) is 0.390. The van der Waals surface area contributed by atoms with Crippen molar-refractivity contribution in [3.05, 3.63) is 48.5 Å². The summed E-state index contributed by atoms with van der Waals surface area (Å²) in [5, 5.41) is 12.2. The van der Waals surface area contributed by atoms with Crippen LogP contribution in [0.5, 0.6) is 5.75 Å². The summed E-state index contributed by atoms with van der Waals surface area (Å²) in [7, 11) is 0. The molecule has 0 saturated carbocycles. The first-order valence-corrected chi connectivity index (χ1v) is 12.4. The molecule has 0 spiro atoms. The molecule has 1 aliphatic heterocycles. The maximum atomic E-state index is 12.8. The third kappa shape index (κ3) is 4.45. The van der Waals surface area contributed by atoms with Crippen molar-refractivity contribution in [1.29, 1.82) is 0 Å². The number of thioether (sulfide) groups is 1. The van der Waals surface area contributed by atoms with Crippen molar-refractivity contribution in [3.63, 3.8) is 0 Å². The molecule has 0 radical (unpaired) electrons. The van der Waals surface area contributed by atoms with Crippen LogP contribution in [0.25, 0.3) is 16.8 Å². The Labute approximate surface area is 201 Å². The number of carbonyl (C=O) groups excluding carboxylic acids is 2. The zero-order chi connectivity index (χ0) is 23.5. The van der Waals surface area contributed by atoms with Crippen molar-refractivity contribution in [2.24, 2.45) is 0 Å². The van der Waals surface area contributed by atoms with Gasteiger partial charge in [-0.3, -0.25) is 18.6 Å². The van der Waals surface area contributed by atoms with Gasteiger partial charge in [0.1, 0.15) is 12.3 Å². The molecule has 1 N–H and O–H groups in total. The Hall–Kier alpha value is -3.53. The highest BCUT2D eigenvalue weighted by Gasteiger charge is 2.23. The molecule has 5 rings (SSSR count). The number of carbonyl (C=O) groups is 2. The van der Waals surface area contributed by atoms with Gasteiger partial charge in [0, 0.05) is 18.8 Å². The average molecular weight is 479 g/mol. The number of nitrogens with zero attached hydrogens (tertiary/aromatic N) is 5. The predicted molar refractivity (Wildman–Crippen MR) is 131 cm³/mol. The Balaban J connectivity index is 1.33. The van der Waals surface area contributed by atoms with Gasteiger partial charge in [-0.2, -0.15) is 0 Å². The van der Waals surface area contributed by atoms with Gasteiger partial charge in [-0.15, -0.1) is 10.2 Å². The van der Waals surface area contributed by atoms with E-state index < -0.39 is 0 Å². The maximum Gasteiger partial charge on any atom is 0.242 e. The van der Waals surface area contributed by atoms with Gasteiger partial charge in [0.05, 0.1) is 23.4 Å². The summed E-state index contributed by atoms with van der Waals surface area (Å²) >= 11 is 1.31. The molecule has 176 valence electrons. The number of rotatable bonds is 8. The van der Waals surface area contributed by atoms with Crippen molar-refractivity contribution < 1.29 is 14.3 Å². The largest absolute Gasteiger partial charge is 0.494 e. The molecule has 34 heavy (non-hydrogen) atoms. The molecule has 1 saturated heterocycles. The normalized spacial score (nSPS) is 13.6. The molecule has 2 aromatic carbocycles. The molecule has 1 aliphatic rings. The lowest BCUT2D eigenvalue weighted by atomic mass is 10.3. The van der Waals surface area contributed by atoms with Crippen molar-refractivity contribution in [1.82, 2.24) is 24.1 Å². The van der Waals surface area contributed by atoms with E-state index in [1.165, 1.54) is 11.8 Å². The van der Waals surface area contributed by atoms with Gasteiger partial charge in [-0.05, 0) is 56.2 Å². The van der Waals surface area contributed by atoms with Crippen LogP contribution in [-0.4, -0.2) is 61.3 Å². The second kappa shape index (κ2) is 9.76. The Morgan fingerprint density at radius 3 is 2.50 bits per heavy atom. The number of imidazole rings is 1.